The summed E-state index contributed by atoms with van der Waals surface area (Å²) in [6.45, 7) is 1.92. The highest BCUT2D eigenvalue weighted by atomic mass is 32.2. The van der Waals surface area contributed by atoms with E-state index in [1.807, 2.05) is 19.1 Å². The molecule has 1 aliphatic carbocycles. The fourth-order valence-corrected chi connectivity index (χ4v) is 3.09. The molecule has 3 nitrogen and oxygen atoms in total. The summed E-state index contributed by atoms with van der Waals surface area (Å²) in [4.78, 5) is 5.66. The first-order valence-electron chi connectivity index (χ1n) is 5.93. The molecule has 0 N–H and O–H groups in total. The zero-order chi connectivity index (χ0) is 12.5. The molecule has 0 aromatic carbocycles. The van der Waals surface area contributed by atoms with Crippen molar-refractivity contribution in [1.82, 2.24) is 4.98 Å². The molecule has 18 heavy (non-hydrogen) atoms. The van der Waals surface area contributed by atoms with Gasteiger partial charge in [0.25, 0.3) is 0 Å². The van der Waals surface area contributed by atoms with Gasteiger partial charge in [-0.1, -0.05) is 11.8 Å². The van der Waals surface area contributed by atoms with Gasteiger partial charge in [-0.05, 0) is 43.9 Å². The maximum absolute atomic E-state index is 9.22. The quantitative estimate of drug-likeness (QED) is 0.825. The molecule has 0 fully saturated rings. The Balaban J connectivity index is 2.02. The number of fused-ring (bicyclic) bond motifs is 1. The first-order chi connectivity index (χ1) is 8.78. The molecule has 0 spiro atoms. The van der Waals surface area contributed by atoms with Gasteiger partial charge in [-0.3, -0.25) is 0 Å². The van der Waals surface area contributed by atoms with E-state index in [4.69, 9.17) is 4.42 Å². The Kier molecular flexibility index (Phi) is 2.85. The first-order valence-corrected chi connectivity index (χ1v) is 6.74. The van der Waals surface area contributed by atoms with Crippen molar-refractivity contribution < 1.29 is 4.42 Å². The molecule has 0 saturated heterocycles. The minimum absolute atomic E-state index is 0.668. The molecule has 90 valence electrons. The standard InChI is InChI=1S/C14H12N2OS/c1-9-13(5-6-17-9)18-14-11(8-15)7-10-3-2-4-12(10)16-14/h5-7H,2-4H2,1H3. The fraction of sp³-hybridized carbons (Fsp3) is 0.286. The molecule has 2 aromatic heterocycles. The second kappa shape index (κ2) is 4.51. The molecule has 0 amide bonds. The molecule has 0 atom stereocenters. The average Bonchev–Trinajstić information content (AvgIpc) is 2.98. The number of nitrogens with zero attached hydrogens (tertiary/aromatic N) is 2. The van der Waals surface area contributed by atoms with Crippen molar-refractivity contribution >= 4 is 11.8 Å². The van der Waals surface area contributed by atoms with Crippen molar-refractivity contribution in [3.05, 3.63) is 41.0 Å². The summed E-state index contributed by atoms with van der Waals surface area (Å²) < 4.78 is 5.27. The Hall–Kier alpha value is -1.73. The smallest absolute Gasteiger partial charge is 0.119 e. The zero-order valence-electron chi connectivity index (χ0n) is 10.1. The maximum Gasteiger partial charge on any atom is 0.119 e. The van der Waals surface area contributed by atoms with Crippen molar-refractivity contribution in [3.8, 4) is 6.07 Å². The molecule has 1 aliphatic rings. The number of nitriles is 1. The Bertz CT molecular complexity index is 640. The van der Waals surface area contributed by atoms with Crippen molar-refractivity contribution in [3.63, 3.8) is 0 Å². The number of hydrogen-bond acceptors (Lipinski definition) is 4. The van der Waals surface area contributed by atoms with Crippen molar-refractivity contribution in [2.45, 2.75) is 36.1 Å². The van der Waals surface area contributed by atoms with E-state index in [1.54, 1.807) is 6.26 Å². The predicted molar refractivity (Wildman–Crippen MR) is 68.5 cm³/mol. The van der Waals surface area contributed by atoms with Crippen LogP contribution >= 0.6 is 11.8 Å². The molecule has 0 saturated carbocycles. The molecule has 0 bridgehead atoms. The third-order valence-electron chi connectivity index (χ3n) is 3.15. The minimum atomic E-state index is 0.668. The van der Waals surface area contributed by atoms with Gasteiger partial charge in [-0.2, -0.15) is 5.26 Å². The third-order valence-corrected chi connectivity index (χ3v) is 4.30. The van der Waals surface area contributed by atoms with Crippen LogP contribution < -0.4 is 0 Å². The summed E-state index contributed by atoms with van der Waals surface area (Å²) in [5.74, 6) is 0.867. The molecule has 0 aliphatic heterocycles. The van der Waals surface area contributed by atoms with Crippen LogP contribution in [0.5, 0.6) is 0 Å². The van der Waals surface area contributed by atoms with Crippen LogP contribution in [0.15, 0.2) is 32.7 Å². The summed E-state index contributed by atoms with van der Waals surface area (Å²) in [7, 11) is 0. The number of aryl methyl sites for hydroxylation is 3. The van der Waals surface area contributed by atoms with Crippen LogP contribution in [0.2, 0.25) is 0 Å². The molecule has 2 aromatic rings. The van der Waals surface area contributed by atoms with Crippen LogP contribution in [0.1, 0.15) is 29.0 Å². The van der Waals surface area contributed by atoms with Crippen LogP contribution in [-0.4, -0.2) is 4.98 Å². The largest absolute Gasteiger partial charge is 0.468 e. The zero-order valence-corrected chi connectivity index (χ0v) is 10.9. The lowest BCUT2D eigenvalue weighted by molar-refractivity contribution is 0.527. The Labute approximate surface area is 110 Å². The minimum Gasteiger partial charge on any atom is -0.468 e. The molecular formula is C14H12N2OS. The number of rotatable bonds is 2. The monoisotopic (exact) mass is 256 g/mol. The summed E-state index contributed by atoms with van der Waals surface area (Å²) in [5, 5.41) is 10.0. The SMILES string of the molecule is Cc1occc1Sc1nc2c(cc1C#N)CCC2. The second-order valence-electron chi connectivity index (χ2n) is 4.36. The van der Waals surface area contributed by atoms with Crippen LogP contribution in [0.25, 0.3) is 0 Å². The highest BCUT2D eigenvalue weighted by molar-refractivity contribution is 7.99. The molecule has 0 radical (unpaired) electrons. The van der Waals surface area contributed by atoms with Gasteiger partial charge in [-0.15, -0.1) is 0 Å². The topological polar surface area (TPSA) is 49.8 Å². The van der Waals surface area contributed by atoms with E-state index >= 15 is 0 Å². The fourth-order valence-electron chi connectivity index (χ4n) is 2.19. The van der Waals surface area contributed by atoms with Gasteiger partial charge in [0.1, 0.15) is 16.9 Å². The van der Waals surface area contributed by atoms with Gasteiger partial charge in [0, 0.05) is 5.69 Å². The van der Waals surface area contributed by atoms with E-state index in [-0.39, 0.29) is 0 Å². The van der Waals surface area contributed by atoms with Gasteiger partial charge in [0.2, 0.25) is 0 Å². The summed E-state index contributed by atoms with van der Waals surface area (Å²) in [5.41, 5.74) is 3.05. The normalized spacial score (nSPS) is 13.3. The number of furan rings is 1. The van der Waals surface area contributed by atoms with Gasteiger partial charge >= 0.3 is 0 Å². The maximum atomic E-state index is 9.22. The Morgan fingerprint density at radius 1 is 1.44 bits per heavy atom. The van der Waals surface area contributed by atoms with E-state index in [9.17, 15) is 5.26 Å². The lowest BCUT2D eigenvalue weighted by atomic mass is 10.2. The molecule has 2 heterocycles. The van der Waals surface area contributed by atoms with Gasteiger partial charge in [-0.25, -0.2) is 4.98 Å². The summed E-state index contributed by atoms with van der Waals surface area (Å²) in [6, 6.07) is 6.15. The average molecular weight is 256 g/mol. The predicted octanol–water partition coefficient (Wildman–Crippen LogP) is 3.49. The molecule has 4 heteroatoms. The van der Waals surface area contributed by atoms with Crippen LogP contribution in [-0.2, 0) is 12.8 Å². The van der Waals surface area contributed by atoms with E-state index < -0.39 is 0 Å². The highest BCUT2D eigenvalue weighted by Crippen LogP contribution is 2.34. The van der Waals surface area contributed by atoms with Crippen molar-refractivity contribution in [2.24, 2.45) is 0 Å². The highest BCUT2D eigenvalue weighted by Gasteiger charge is 2.17. The van der Waals surface area contributed by atoms with Gasteiger partial charge < -0.3 is 4.42 Å². The van der Waals surface area contributed by atoms with E-state index in [2.05, 4.69) is 11.1 Å². The number of aromatic nitrogens is 1. The molecule has 0 unspecified atom stereocenters. The second-order valence-corrected chi connectivity index (χ2v) is 5.39. The molecule has 3 rings (SSSR count). The van der Waals surface area contributed by atoms with Gasteiger partial charge in [0.15, 0.2) is 0 Å². The summed E-state index contributed by atoms with van der Waals surface area (Å²) >= 11 is 1.51. The van der Waals surface area contributed by atoms with Crippen LogP contribution in [0.3, 0.4) is 0 Å². The van der Waals surface area contributed by atoms with Crippen LogP contribution in [0, 0.1) is 18.3 Å². The first kappa shape index (κ1) is 11.4. The lowest BCUT2D eigenvalue weighted by Crippen LogP contribution is -1.94. The molecular weight excluding hydrogens is 244 g/mol. The lowest BCUT2D eigenvalue weighted by Gasteiger charge is -2.05. The van der Waals surface area contributed by atoms with E-state index in [1.165, 1.54) is 17.3 Å². The van der Waals surface area contributed by atoms with Gasteiger partial charge in [0.05, 0.1) is 16.7 Å². The Morgan fingerprint density at radius 3 is 3.06 bits per heavy atom. The summed E-state index contributed by atoms with van der Waals surface area (Å²) in [6.07, 6.45) is 4.88. The number of hydrogen-bond donors (Lipinski definition) is 0. The number of pyridine rings is 1. The van der Waals surface area contributed by atoms with Crippen molar-refractivity contribution in [1.29, 1.82) is 5.26 Å². The van der Waals surface area contributed by atoms with E-state index in [0.717, 1.165) is 40.6 Å². The van der Waals surface area contributed by atoms with Crippen molar-refractivity contribution in [2.75, 3.05) is 0 Å². The third kappa shape index (κ3) is 1.91. The van der Waals surface area contributed by atoms with Crippen LogP contribution in [0.4, 0.5) is 0 Å². The van der Waals surface area contributed by atoms with E-state index in [0.29, 0.717) is 5.56 Å². The Morgan fingerprint density at radius 2 is 2.33 bits per heavy atom.